The largest absolute Gasteiger partial charge is 0.312 e. The summed E-state index contributed by atoms with van der Waals surface area (Å²) in [4.78, 5) is 13.6. The Labute approximate surface area is 107 Å². The van der Waals surface area contributed by atoms with Crippen molar-refractivity contribution in [1.29, 1.82) is 0 Å². The zero-order chi connectivity index (χ0) is 12.3. The number of anilines is 1. The molecule has 1 amide bonds. The molecule has 0 bridgehead atoms. The summed E-state index contributed by atoms with van der Waals surface area (Å²) in [6.07, 6.45) is 0.968. The van der Waals surface area contributed by atoms with Gasteiger partial charge >= 0.3 is 0 Å². The molecule has 0 saturated carbocycles. The standard InChI is InChI=1S/C13H17ClN2O/c1-2-15-11-7-10-5-3-4-6-12(10)16(9-11)13(17)8-14/h3-6,11,15H,2,7-9H2,1H3. The smallest absolute Gasteiger partial charge is 0.241 e. The lowest BCUT2D eigenvalue weighted by molar-refractivity contribution is -0.116. The number of para-hydroxylation sites is 1. The molecule has 0 radical (unpaired) electrons. The van der Waals surface area contributed by atoms with Crippen molar-refractivity contribution in [3.63, 3.8) is 0 Å². The molecule has 0 spiro atoms. The summed E-state index contributed by atoms with van der Waals surface area (Å²) in [7, 11) is 0. The predicted molar refractivity (Wildman–Crippen MR) is 70.7 cm³/mol. The molecule has 1 atom stereocenters. The average Bonchev–Trinajstić information content (AvgIpc) is 2.37. The van der Waals surface area contributed by atoms with Crippen LogP contribution in [-0.2, 0) is 11.2 Å². The first-order valence-electron chi connectivity index (χ1n) is 5.94. The molecule has 1 N–H and O–H groups in total. The van der Waals surface area contributed by atoms with Crippen molar-refractivity contribution in [3.05, 3.63) is 29.8 Å². The first-order valence-corrected chi connectivity index (χ1v) is 6.47. The molecule has 1 aliphatic heterocycles. The Kier molecular flexibility index (Phi) is 4.02. The Hall–Kier alpha value is -1.06. The van der Waals surface area contributed by atoms with Gasteiger partial charge in [0.2, 0.25) is 5.91 Å². The van der Waals surface area contributed by atoms with Gasteiger partial charge in [-0.2, -0.15) is 0 Å². The Balaban J connectivity index is 2.29. The molecule has 1 aliphatic rings. The quantitative estimate of drug-likeness (QED) is 0.832. The first-order chi connectivity index (χ1) is 8.26. The fourth-order valence-corrected chi connectivity index (χ4v) is 2.47. The maximum absolute atomic E-state index is 11.8. The second kappa shape index (κ2) is 5.52. The molecule has 1 heterocycles. The average molecular weight is 253 g/mol. The van der Waals surface area contributed by atoms with E-state index in [1.54, 1.807) is 4.90 Å². The lowest BCUT2D eigenvalue weighted by Gasteiger charge is -2.34. The number of fused-ring (bicyclic) bond motifs is 1. The Morgan fingerprint density at radius 1 is 1.53 bits per heavy atom. The molecule has 2 rings (SSSR count). The van der Waals surface area contributed by atoms with Gasteiger partial charge in [0.25, 0.3) is 0 Å². The Morgan fingerprint density at radius 2 is 2.29 bits per heavy atom. The van der Waals surface area contributed by atoms with Crippen LogP contribution in [0, 0.1) is 0 Å². The van der Waals surface area contributed by atoms with Crippen LogP contribution in [0.1, 0.15) is 12.5 Å². The number of rotatable bonds is 3. The summed E-state index contributed by atoms with van der Waals surface area (Å²) in [5.41, 5.74) is 2.22. The highest BCUT2D eigenvalue weighted by Crippen LogP contribution is 2.27. The summed E-state index contributed by atoms with van der Waals surface area (Å²) in [6.45, 7) is 3.69. The number of alkyl halides is 1. The number of halogens is 1. The van der Waals surface area contributed by atoms with E-state index in [-0.39, 0.29) is 11.8 Å². The molecule has 1 unspecified atom stereocenters. The van der Waals surface area contributed by atoms with Gasteiger partial charge in [0.1, 0.15) is 5.88 Å². The van der Waals surface area contributed by atoms with Gasteiger partial charge in [-0.25, -0.2) is 0 Å². The van der Waals surface area contributed by atoms with Gasteiger partial charge in [0.15, 0.2) is 0 Å². The van der Waals surface area contributed by atoms with Gasteiger partial charge in [-0.05, 0) is 24.6 Å². The van der Waals surface area contributed by atoms with E-state index in [0.717, 1.165) is 18.7 Å². The van der Waals surface area contributed by atoms with Crippen molar-refractivity contribution in [2.24, 2.45) is 0 Å². The molecule has 92 valence electrons. The molecule has 0 aliphatic carbocycles. The summed E-state index contributed by atoms with van der Waals surface area (Å²) >= 11 is 5.66. The van der Waals surface area contributed by atoms with Crippen LogP contribution in [0.4, 0.5) is 5.69 Å². The van der Waals surface area contributed by atoms with Crippen LogP contribution in [0.5, 0.6) is 0 Å². The van der Waals surface area contributed by atoms with Gasteiger partial charge in [-0.15, -0.1) is 11.6 Å². The van der Waals surface area contributed by atoms with E-state index in [0.29, 0.717) is 12.6 Å². The number of carbonyl (C=O) groups is 1. The van der Waals surface area contributed by atoms with E-state index in [1.807, 2.05) is 18.2 Å². The van der Waals surface area contributed by atoms with Crippen LogP contribution in [0.3, 0.4) is 0 Å². The number of hydrogen-bond donors (Lipinski definition) is 1. The first kappa shape index (κ1) is 12.4. The highest BCUT2D eigenvalue weighted by molar-refractivity contribution is 6.29. The number of benzene rings is 1. The summed E-state index contributed by atoms with van der Waals surface area (Å²) in [5.74, 6) is 0.00871. The third-order valence-corrected chi connectivity index (χ3v) is 3.29. The molecule has 0 saturated heterocycles. The number of likely N-dealkylation sites (N-methyl/N-ethyl adjacent to an activating group) is 1. The molecule has 1 aromatic carbocycles. The number of nitrogens with zero attached hydrogens (tertiary/aromatic N) is 1. The second-order valence-electron chi connectivity index (χ2n) is 4.23. The van der Waals surface area contributed by atoms with Crippen molar-refractivity contribution in [2.75, 3.05) is 23.9 Å². The third kappa shape index (κ3) is 2.61. The topological polar surface area (TPSA) is 32.3 Å². The summed E-state index contributed by atoms with van der Waals surface area (Å²) in [5, 5.41) is 3.40. The number of hydrogen-bond acceptors (Lipinski definition) is 2. The predicted octanol–water partition coefficient (Wildman–Crippen LogP) is 1.79. The van der Waals surface area contributed by atoms with Crippen molar-refractivity contribution < 1.29 is 4.79 Å². The van der Waals surface area contributed by atoms with Gasteiger partial charge in [0.05, 0.1) is 0 Å². The van der Waals surface area contributed by atoms with Gasteiger partial charge < -0.3 is 10.2 Å². The van der Waals surface area contributed by atoms with Crippen LogP contribution >= 0.6 is 11.6 Å². The molecule has 0 fully saturated rings. The highest BCUT2D eigenvalue weighted by atomic mass is 35.5. The van der Waals surface area contributed by atoms with E-state index < -0.39 is 0 Å². The number of carbonyl (C=O) groups excluding carboxylic acids is 1. The maximum Gasteiger partial charge on any atom is 0.241 e. The molecule has 17 heavy (non-hydrogen) atoms. The van der Waals surface area contributed by atoms with E-state index >= 15 is 0 Å². The lowest BCUT2D eigenvalue weighted by Crippen LogP contribution is -2.49. The maximum atomic E-state index is 11.8. The van der Waals surface area contributed by atoms with E-state index in [1.165, 1.54) is 5.56 Å². The van der Waals surface area contributed by atoms with Crippen molar-refractivity contribution in [3.8, 4) is 0 Å². The minimum absolute atomic E-state index is 0.0262. The Morgan fingerprint density at radius 3 is 3.00 bits per heavy atom. The number of nitrogens with one attached hydrogen (secondary N) is 1. The van der Waals surface area contributed by atoms with E-state index in [2.05, 4.69) is 18.3 Å². The second-order valence-corrected chi connectivity index (χ2v) is 4.49. The fourth-order valence-electron chi connectivity index (χ4n) is 2.33. The fraction of sp³-hybridized carbons (Fsp3) is 0.462. The molecule has 1 aromatic rings. The lowest BCUT2D eigenvalue weighted by atomic mass is 9.98. The molecule has 0 aromatic heterocycles. The normalized spacial score (nSPS) is 18.9. The van der Waals surface area contributed by atoms with Crippen molar-refractivity contribution >= 4 is 23.2 Å². The molecule has 3 nitrogen and oxygen atoms in total. The molecular formula is C13H17ClN2O. The van der Waals surface area contributed by atoms with Gasteiger partial charge in [-0.3, -0.25) is 4.79 Å². The number of amides is 1. The Bertz CT molecular complexity index is 408. The van der Waals surface area contributed by atoms with E-state index in [9.17, 15) is 4.79 Å². The summed E-state index contributed by atoms with van der Waals surface area (Å²) in [6, 6.07) is 8.36. The third-order valence-electron chi connectivity index (χ3n) is 3.06. The SMILES string of the molecule is CCNC1Cc2ccccc2N(C(=O)CCl)C1. The van der Waals surface area contributed by atoms with Crippen LogP contribution in [0.25, 0.3) is 0 Å². The minimum Gasteiger partial charge on any atom is -0.312 e. The summed E-state index contributed by atoms with van der Waals surface area (Å²) < 4.78 is 0. The van der Waals surface area contributed by atoms with Gasteiger partial charge in [-0.1, -0.05) is 25.1 Å². The van der Waals surface area contributed by atoms with Crippen LogP contribution in [0.2, 0.25) is 0 Å². The molecule has 4 heteroatoms. The highest BCUT2D eigenvalue weighted by Gasteiger charge is 2.26. The van der Waals surface area contributed by atoms with Crippen LogP contribution in [-0.4, -0.2) is 30.9 Å². The zero-order valence-electron chi connectivity index (χ0n) is 9.95. The van der Waals surface area contributed by atoms with Crippen LogP contribution < -0.4 is 10.2 Å². The van der Waals surface area contributed by atoms with Crippen LogP contribution in [0.15, 0.2) is 24.3 Å². The monoisotopic (exact) mass is 252 g/mol. The van der Waals surface area contributed by atoms with Crippen molar-refractivity contribution in [1.82, 2.24) is 5.32 Å². The van der Waals surface area contributed by atoms with Crippen molar-refractivity contribution in [2.45, 2.75) is 19.4 Å². The molecular weight excluding hydrogens is 236 g/mol. The van der Waals surface area contributed by atoms with E-state index in [4.69, 9.17) is 11.6 Å². The minimum atomic E-state index is -0.0262. The van der Waals surface area contributed by atoms with Gasteiger partial charge in [0, 0.05) is 18.3 Å². The zero-order valence-corrected chi connectivity index (χ0v) is 10.7.